The van der Waals surface area contributed by atoms with Gasteiger partial charge in [0.1, 0.15) is 23.9 Å². The summed E-state index contributed by atoms with van der Waals surface area (Å²) in [7, 11) is 0. The van der Waals surface area contributed by atoms with E-state index in [1.165, 1.54) is 37.3 Å². The second-order valence-corrected chi connectivity index (χ2v) is 7.29. The van der Waals surface area contributed by atoms with E-state index in [4.69, 9.17) is 13.9 Å². The number of ketones is 1. The van der Waals surface area contributed by atoms with E-state index in [-0.39, 0.29) is 29.9 Å². The fourth-order valence-corrected chi connectivity index (χ4v) is 2.95. The maximum absolute atomic E-state index is 12.9. The Morgan fingerprint density at radius 2 is 1.70 bits per heavy atom. The summed E-state index contributed by atoms with van der Waals surface area (Å²) in [6, 6.07) is 15.6. The lowest BCUT2D eigenvalue weighted by molar-refractivity contribution is -0.118. The number of hydrogen-bond donors (Lipinski definition) is 1. The summed E-state index contributed by atoms with van der Waals surface area (Å²) >= 11 is 0. The molecule has 0 aliphatic carbocycles. The minimum Gasteiger partial charge on any atom is -0.486 e. The van der Waals surface area contributed by atoms with Crippen LogP contribution in [-0.2, 0) is 22.6 Å². The number of halogens is 1. The molecule has 3 aromatic rings. The van der Waals surface area contributed by atoms with E-state index in [2.05, 4.69) is 5.32 Å². The Morgan fingerprint density at radius 1 is 0.970 bits per heavy atom. The summed E-state index contributed by atoms with van der Waals surface area (Å²) in [5.41, 5.74) is 1.47. The number of benzene rings is 2. The van der Waals surface area contributed by atoms with Crippen LogP contribution in [0, 0.1) is 5.82 Å². The molecule has 3 rings (SSSR count). The predicted molar refractivity (Wildman–Crippen MR) is 117 cm³/mol. The van der Waals surface area contributed by atoms with Crippen molar-refractivity contribution < 1.29 is 32.7 Å². The van der Waals surface area contributed by atoms with Gasteiger partial charge < -0.3 is 19.2 Å². The van der Waals surface area contributed by atoms with Crippen molar-refractivity contribution in [3.05, 3.63) is 89.1 Å². The van der Waals surface area contributed by atoms with Crippen molar-refractivity contribution in [2.75, 3.05) is 13.2 Å². The molecule has 1 amide bonds. The maximum atomic E-state index is 12.9. The molecule has 0 spiro atoms. The zero-order chi connectivity index (χ0) is 23.6. The lowest BCUT2D eigenvalue weighted by atomic mass is 10.1. The third-order valence-corrected chi connectivity index (χ3v) is 4.68. The minimum atomic E-state index is -0.758. The Kier molecular flexibility index (Phi) is 8.35. The van der Waals surface area contributed by atoms with E-state index in [9.17, 15) is 18.8 Å². The number of aryl methyl sites for hydroxylation is 1. The number of ether oxygens (including phenoxy) is 2. The average molecular weight is 453 g/mol. The Labute approximate surface area is 190 Å². The summed E-state index contributed by atoms with van der Waals surface area (Å²) in [6.07, 6.45) is 1.57. The molecule has 0 atom stereocenters. The summed E-state index contributed by atoms with van der Waals surface area (Å²) in [5, 5.41) is 2.74. The normalized spacial score (nSPS) is 10.5. The third-order valence-electron chi connectivity index (χ3n) is 4.68. The predicted octanol–water partition coefficient (Wildman–Crippen LogP) is 4.11. The highest BCUT2D eigenvalue weighted by Crippen LogP contribution is 2.16. The second-order valence-electron chi connectivity index (χ2n) is 7.29. The first-order valence-electron chi connectivity index (χ1n) is 10.4. The van der Waals surface area contributed by atoms with Crippen molar-refractivity contribution in [2.24, 2.45) is 0 Å². The molecule has 0 aliphatic rings. The van der Waals surface area contributed by atoms with Gasteiger partial charge in [-0.1, -0.05) is 24.3 Å². The van der Waals surface area contributed by atoms with Gasteiger partial charge in [-0.15, -0.1) is 0 Å². The lowest BCUT2D eigenvalue weighted by Crippen LogP contribution is -2.21. The second kappa shape index (κ2) is 11.6. The molecular formula is C25H24FNO6. The van der Waals surface area contributed by atoms with E-state index < -0.39 is 12.6 Å². The summed E-state index contributed by atoms with van der Waals surface area (Å²) in [4.78, 5) is 35.3. The number of carbonyl (C=O) groups is 3. The number of esters is 1. The van der Waals surface area contributed by atoms with Crippen LogP contribution in [0.15, 0.2) is 65.1 Å². The van der Waals surface area contributed by atoms with E-state index in [0.717, 1.165) is 18.4 Å². The number of carbonyl (C=O) groups excluding carboxylic acids is 3. The van der Waals surface area contributed by atoms with E-state index in [0.29, 0.717) is 23.6 Å². The number of rotatable bonds is 11. The van der Waals surface area contributed by atoms with Crippen LogP contribution >= 0.6 is 0 Å². The van der Waals surface area contributed by atoms with Gasteiger partial charge in [0.25, 0.3) is 0 Å². The van der Waals surface area contributed by atoms with E-state index >= 15 is 0 Å². The molecule has 33 heavy (non-hydrogen) atoms. The molecule has 7 nitrogen and oxygen atoms in total. The highest BCUT2D eigenvalue weighted by molar-refractivity contribution is 5.98. The molecule has 0 saturated heterocycles. The fourth-order valence-electron chi connectivity index (χ4n) is 2.95. The van der Waals surface area contributed by atoms with Gasteiger partial charge in [-0.2, -0.15) is 0 Å². The molecule has 172 valence electrons. The first kappa shape index (κ1) is 23.7. The van der Waals surface area contributed by atoms with Crippen LogP contribution in [0.25, 0.3) is 0 Å². The van der Waals surface area contributed by atoms with Gasteiger partial charge in [0.15, 0.2) is 12.4 Å². The van der Waals surface area contributed by atoms with Gasteiger partial charge in [0.2, 0.25) is 11.7 Å². The van der Waals surface area contributed by atoms with Crippen molar-refractivity contribution >= 4 is 17.7 Å². The smallest absolute Gasteiger partial charge is 0.374 e. The molecule has 0 radical (unpaired) electrons. The Bertz CT molecular complexity index is 1090. The monoisotopic (exact) mass is 453 g/mol. The van der Waals surface area contributed by atoms with Crippen molar-refractivity contribution in [3.63, 3.8) is 0 Å². The largest absolute Gasteiger partial charge is 0.486 e. The fraction of sp³-hybridized carbons (Fsp3) is 0.240. The number of Topliss-reactive ketones (excluding diaryl/α,β-unsaturated/α-hetero) is 1. The van der Waals surface area contributed by atoms with Crippen LogP contribution in [0.4, 0.5) is 4.39 Å². The highest BCUT2D eigenvalue weighted by atomic mass is 19.1. The molecule has 1 aromatic heterocycles. The lowest BCUT2D eigenvalue weighted by Gasteiger charge is -2.06. The van der Waals surface area contributed by atoms with Crippen molar-refractivity contribution in [3.8, 4) is 5.75 Å². The number of nitrogens with one attached hydrogen (secondary N) is 1. The van der Waals surface area contributed by atoms with Gasteiger partial charge in [0, 0.05) is 19.0 Å². The molecular weight excluding hydrogens is 429 g/mol. The maximum Gasteiger partial charge on any atom is 0.374 e. The Balaban J connectivity index is 1.43. The van der Waals surface area contributed by atoms with Crippen LogP contribution in [0.3, 0.4) is 0 Å². The first-order valence-corrected chi connectivity index (χ1v) is 10.4. The van der Waals surface area contributed by atoms with Gasteiger partial charge in [-0.05, 0) is 54.8 Å². The van der Waals surface area contributed by atoms with E-state index in [1.807, 2.05) is 12.1 Å². The zero-order valence-electron chi connectivity index (χ0n) is 18.1. The average Bonchev–Trinajstić information content (AvgIpc) is 3.29. The Morgan fingerprint density at radius 3 is 2.39 bits per heavy atom. The van der Waals surface area contributed by atoms with Gasteiger partial charge in [-0.3, -0.25) is 9.59 Å². The quantitative estimate of drug-likeness (QED) is 0.267. The number of amides is 1. The number of furan rings is 1. The molecule has 2 aromatic carbocycles. The van der Waals surface area contributed by atoms with Crippen LogP contribution in [0.5, 0.6) is 5.75 Å². The van der Waals surface area contributed by atoms with Gasteiger partial charge >= 0.3 is 5.97 Å². The topological polar surface area (TPSA) is 94.8 Å². The van der Waals surface area contributed by atoms with Gasteiger partial charge in [-0.25, -0.2) is 9.18 Å². The van der Waals surface area contributed by atoms with Crippen LogP contribution in [0.1, 0.15) is 45.6 Å². The van der Waals surface area contributed by atoms with E-state index in [1.54, 1.807) is 18.2 Å². The molecule has 0 unspecified atom stereocenters. The molecule has 1 heterocycles. The van der Waals surface area contributed by atoms with Crippen molar-refractivity contribution in [1.29, 1.82) is 0 Å². The summed E-state index contributed by atoms with van der Waals surface area (Å²) in [6.45, 7) is 1.71. The SMILES string of the molecule is CC(=O)NCCCc1ccc(C(=O)COC(=O)c2ccc(COc3ccc(F)cc3)o2)cc1. The molecule has 8 heteroatoms. The van der Waals surface area contributed by atoms with Crippen LogP contribution in [0.2, 0.25) is 0 Å². The van der Waals surface area contributed by atoms with Gasteiger partial charge in [0.05, 0.1) is 0 Å². The molecule has 0 fully saturated rings. The molecule has 0 aliphatic heterocycles. The minimum absolute atomic E-state index is 0.0463. The van der Waals surface area contributed by atoms with Crippen LogP contribution in [-0.4, -0.2) is 30.8 Å². The summed E-state index contributed by atoms with van der Waals surface area (Å²) in [5.74, 6) is -0.724. The Hall–Kier alpha value is -3.94. The number of hydrogen-bond acceptors (Lipinski definition) is 6. The zero-order valence-corrected chi connectivity index (χ0v) is 18.1. The molecule has 0 bridgehead atoms. The standard InChI is InChI=1S/C25H24FNO6/c1-17(28)27-14-2-3-18-4-6-19(7-5-18)23(29)16-32-25(30)24-13-12-22(33-24)15-31-21-10-8-20(26)9-11-21/h4-13H,2-3,14-16H2,1H3,(H,27,28). The third kappa shape index (κ3) is 7.60. The molecule has 1 N–H and O–H groups in total. The highest BCUT2D eigenvalue weighted by Gasteiger charge is 2.16. The van der Waals surface area contributed by atoms with Crippen LogP contribution < -0.4 is 10.1 Å². The first-order chi connectivity index (χ1) is 15.9. The molecule has 0 saturated carbocycles. The van der Waals surface area contributed by atoms with Crippen molar-refractivity contribution in [1.82, 2.24) is 5.32 Å². The van der Waals surface area contributed by atoms with Crippen molar-refractivity contribution in [2.45, 2.75) is 26.4 Å². The summed E-state index contributed by atoms with van der Waals surface area (Å²) < 4.78 is 28.8.